The first kappa shape index (κ1) is 13.3. The summed E-state index contributed by atoms with van der Waals surface area (Å²) in [6.07, 6.45) is 3.06. The normalized spacial score (nSPS) is 27.5. The maximum absolute atomic E-state index is 11.8. The summed E-state index contributed by atoms with van der Waals surface area (Å²) >= 11 is 0. The van der Waals surface area contributed by atoms with E-state index >= 15 is 0 Å². The number of likely N-dealkylation sites (tertiary alicyclic amines) is 1. The molecule has 18 heavy (non-hydrogen) atoms. The second-order valence-electron chi connectivity index (χ2n) is 5.05. The molecule has 0 saturated carbocycles. The van der Waals surface area contributed by atoms with Crippen LogP contribution in [-0.2, 0) is 14.3 Å². The van der Waals surface area contributed by atoms with Crippen LogP contribution < -0.4 is 11.1 Å². The minimum absolute atomic E-state index is 0.113. The molecule has 1 atom stereocenters. The largest absolute Gasteiger partial charge is 0.379 e. The number of carbonyl (C=O) groups excluding carboxylic acids is 2. The fourth-order valence-corrected chi connectivity index (χ4v) is 2.34. The summed E-state index contributed by atoms with van der Waals surface area (Å²) in [4.78, 5) is 25.4. The minimum Gasteiger partial charge on any atom is -0.379 e. The predicted octanol–water partition coefficient (Wildman–Crippen LogP) is -0.767. The van der Waals surface area contributed by atoms with E-state index in [9.17, 15) is 9.59 Å². The molecular formula is C12H21N3O3. The van der Waals surface area contributed by atoms with Gasteiger partial charge in [0.2, 0.25) is 11.8 Å². The molecule has 2 fully saturated rings. The third-order valence-electron chi connectivity index (χ3n) is 3.59. The first-order valence-electron chi connectivity index (χ1n) is 6.54. The van der Waals surface area contributed by atoms with Gasteiger partial charge in [0.25, 0.3) is 0 Å². The van der Waals surface area contributed by atoms with Crippen molar-refractivity contribution in [3.8, 4) is 0 Å². The van der Waals surface area contributed by atoms with Crippen LogP contribution in [0, 0.1) is 0 Å². The summed E-state index contributed by atoms with van der Waals surface area (Å²) in [6, 6.07) is 0. The zero-order chi connectivity index (χ0) is 13.0. The van der Waals surface area contributed by atoms with Crippen LogP contribution in [0.4, 0.5) is 0 Å². The number of nitrogens with zero attached hydrogens (tertiary/aromatic N) is 1. The van der Waals surface area contributed by atoms with Crippen LogP contribution >= 0.6 is 0 Å². The molecular weight excluding hydrogens is 234 g/mol. The molecule has 0 radical (unpaired) electrons. The van der Waals surface area contributed by atoms with E-state index in [4.69, 9.17) is 10.5 Å². The van der Waals surface area contributed by atoms with Gasteiger partial charge in [-0.15, -0.1) is 0 Å². The monoisotopic (exact) mass is 255 g/mol. The van der Waals surface area contributed by atoms with Gasteiger partial charge in [0.15, 0.2) is 0 Å². The van der Waals surface area contributed by atoms with E-state index in [1.54, 1.807) is 0 Å². The molecule has 0 aromatic heterocycles. The first-order valence-corrected chi connectivity index (χ1v) is 6.54. The molecule has 2 aliphatic rings. The molecule has 0 aromatic carbocycles. The Balaban J connectivity index is 1.68. The smallest absolute Gasteiger partial charge is 0.242 e. The summed E-state index contributed by atoms with van der Waals surface area (Å²) < 4.78 is 5.13. The molecule has 6 heteroatoms. The van der Waals surface area contributed by atoms with Crippen molar-refractivity contribution in [2.24, 2.45) is 5.73 Å². The van der Waals surface area contributed by atoms with Crippen LogP contribution in [0.15, 0.2) is 0 Å². The van der Waals surface area contributed by atoms with Gasteiger partial charge in [-0.1, -0.05) is 0 Å². The number of hydrogen-bond acceptors (Lipinski definition) is 4. The molecule has 2 saturated heterocycles. The molecule has 2 heterocycles. The van der Waals surface area contributed by atoms with Gasteiger partial charge in [-0.25, -0.2) is 0 Å². The first-order chi connectivity index (χ1) is 8.62. The van der Waals surface area contributed by atoms with Crippen molar-refractivity contribution in [1.82, 2.24) is 10.2 Å². The number of ether oxygens (including phenoxy) is 1. The molecule has 2 amide bonds. The standard InChI is InChI=1S/C12H21N3O3/c13-12(4-8-18-9-12)11(17)14-5-3-10(16)15-6-1-2-7-15/h1-9,13H2,(H,14,17). The van der Waals surface area contributed by atoms with Crippen molar-refractivity contribution in [3.05, 3.63) is 0 Å². The van der Waals surface area contributed by atoms with E-state index < -0.39 is 5.54 Å². The van der Waals surface area contributed by atoms with Crippen LogP contribution in [0.3, 0.4) is 0 Å². The van der Waals surface area contributed by atoms with Gasteiger partial charge in [-0.3, -0.25) is 9.59 Å². The number of rotatable bonds is 4. The molecule has 3 N–H and O–H groups in total. The number of amides is 2. The molecule has 0 aliphatic carbocycles. The molecule has 102 valence electrons. The van der Waals surface area contributed by atoms with E-state index in [0.717, 1.165) is 25.9 Å². The Labute approximate surface area is 107 Å². The van der Waals surface area contributed by atoms with Crippen LogP contribution in [0.5, 0.6) is 0 Å². The molecule has 1 unspecified atom stereocenters. The third kappa shape index (κ3) is 3.00. The number of carbonyl (C=O) groups is 2. The molecule has 0 spiro atoms. The predicted molar refractivity (Wildman–Crippen MR) is 65.8 cm³/mol. The van der Waals surface area contributed by atoms with E-state index in [1.807, 2.05) is 4.90 Å². The lowest BCUT2D eigenvalue weighted by atomic mass is 9.99. The van der Waals surface area contributed by atoms with Gasteiger partial charge in [0.1, 0.15) is 5.54 Å². The number of nitrogens with one attached hydrogen (secondary N) is 1. The van der Waals surface area contributed by atoms with E-state index in [1.165, 1.54) is 0 Å². The Morgan fingerprint density at radius 2 is 2.06 bits per heavy atom. The Morgan fingerprint density at radius 1 is 1.33 bits per heavy atom. The Bertz CT molecular complexity index is 321. The summed E-state index contributed by atoms with van der Waals surface area (Å²) in [5.74, 6) is -0.101. The van der Waals surface area contributed by atoms with Crippen molar-refractivity contribution in [2.45, 2.75) is 31.2 Å². The SMILES string of the molecule is NC1(C(=O)NCCC(=O)N2CCCC2)CCOC1. The summed E-state index contributed by atoms with van der Waals surface area (Å²) in [5.41, 5.74) is 5.00. The average Bonchev–Trinajstić information content (AvgIpc) is 3.00. The molecule has 0 bridgehead atoms. The van der Waals surface area contributed by atoms with Gasteiger partial charge < -0.3 is 20.7 Å². The van der Waals surface area contributed by atoms with E-state index in [2.05, 4.69) is 5.32 Å². The lowest BCUT2D eigenvalue weighted by Gasteiger charge is -2.21. The zero-order valence-corrected chi connectivity index (χ0v) is 10.6. The molecule has 2 rings (SSSR count). The minimum atomic E-state index is -0.906. The van der Waals surface area contributed by atoms with Gasteiger partial charge >= 0.3 is 0 Å². The van der Waals surface area contributed by atoms with Crippen LogP contribution in [0.25, 0.3) is 0 Å². The molecule has 0 aromatic rings. The van der Waals surface area contributed by atoms with Crippen LogP contribution in [0.1, 0.15) is 25.7 Å². The van der Waals surface area contributed by atoms with Crippen molar-refractivity contribution in [1.29, 1.82) is 0 Å². The maximum atomic E-state index is 11.8. The van der Waals surface area contributed by atoms with Crippen molar-refractivity contribution in [2.75, 3.05) is 32.8 Å². The lowest BCUT2D eigenvalue weighted by molar-refractivity contribution is -0.130. The second-order valence-corrected chi connectivity index (χ2v) is 5.05. The topological polar surface area (TPSA) is 84.7 Å². The third-order valence-corrected chi connectivity index (χ3v) is 3.59. The Hall–Kier alpha value is -1.14. The van der Waals surface area contributed by atoms with E-state index in [0.29, 0.717) is 26.0 Å². The highest BCUT2D eigenvalue weighted by molar-refractivity contribution is 5.87. The van der Waals surface area contributed by atoms with Crippen LogP contribution in [-0.4, -0.2) is 55.1 Å². The van der Waals surface area contributed by atoms with E-state index in [-0.39, 0.29) is 18.4 Å². The highest BCUT2D eigenvalue weighted by Crippen LogP contribution is 2.15. The van der Waals surface area contributed by atoms with Crippen LogP contribution in [0.2, 0.25) is 0 Å². The molecule has 6 nitrogen and oxygen atoms in total. The summed E-state index contributed by atoms with van der Waals surface area (Å²) in [6.45, 7) is 2.84. The van der Waals surface area contributed by atoms with Gasteiger partial charge in [0.05, 0.1) is 6.61 Å². The Morgan fingerprint density at radius 3 is 2.67 bits per heavy atom. The summed E-state index contributed by atoms with van der Waals surface area (Å²) in [7, 11) is 0. The van der Waals surface area contributed by atoms with Crippen molar-refractivity contribution >= 4 is 11.8 Å². The average molecular weight is 255 g/mol. The Kier molecular flexibility index (Phi) is 4.19. The lowest BCUT2D eigenvalue weighted by Crippen LogP contribution is -2.54. The zero-order valence-electron chi connectivity index (χ0n) is 10.6. The van der Waals surface area contributed by atoms with Gasteiger partial charge in [0, 0.05) is 32.7 Å². The second kappa shape index (κ2) is 5.67. The molecule has 2 aliphatic heterocycles. The quantitative estimate of drug-likeness (QED) is 0.691. The van der Waals surface area contributed by atoms with Gasteiger partial charge in [-0.2, -0.15) is 0 Å². The number of hydrogen-bond donors (Lipinski definition) is 2. The van der Waals surface area contributed by atoms with Crippen molar-refractivity contribution < 1.29 is 14.3 Å². The fraction of sp³-hybridized carbons (Fsp3) is 0.833. The highest BCUT2D eigenvalue weighted by Gasteiger charge is 2.38. The van der Waals surface area contributed by atoms with Crippen molar-refractivity contribution in [3.63, 3.8) is 0 Å². The van der Waals surface area contributed by atoms with Gasteiger partial charge in [-0.05, 0) is 19.3 Å². The fourth-order valence-electron chi connectivity index (χ4n) is 2.34. The highest BCUT2D eigenvalue weighted by atomic mass is 16.5. The number of nitrogens with two attached hydrogens (primary N) is 1. The maximum Gasteiger partial charge on any atom is 0.242 e. The summed E-state index contributed by atoms with van der Waals surface area (Å²) in [5, 5.41) is 2.73.